The number of nitrogens with one attached hydrogen (secondary N) is 1. The summed E-state index contributed by atoms with van der Waals surface area (Å²) in [7, 11) is 0. The van der Waals surface area contributed by atoms with Crippen molar-refractivity contribution < 1.29 is 4.79 Å². The lowest BCUT2D eigenvalue weighted by Gasteiger charge is -2.06. The first-order valence-electron chi connectivity index (χ1n) is 8.10. The van der Waals surface area contributed by atoms with E-state index in [1.807, 2.05) is 59.4 Å². The summed E-state index contributed by atoms with van der Waals surface area (Å²) in [5.74, 6) is -0.0872. The van der Waals surface area contributed by atoms with Crippen LogP contribution in [0.2, 0.25) is 0 Å². The molecular formula is C19H17N5O. The number of benzene rings is 1. The summed E-state index contributed by atoms with van der Waals surface area (Å²) in [6, 6.07) is 15.1. The third-order valence-corrected chi connectivity index (χ3v) is 3.98. The number of pyridine rings is 1. The van der Waals surface area contributed by atoms with Crippen molar-refractivity contribution in [3.8, 4) is 5.69 Å². The highest BCUT2D eigenvalue weighted by atomic mass is 16.1. The lowest BCUT2D eigenvalue weighted by Crippen LogP contribution is -2.25. The Labute approximate surface area is 144 Å². The molecular weight excluding hydrogens is 314 g/mol. The second-order valence-electron chi connectivity index (χ2n) is 5.70. The largest absolute Gasteiger partial charge is 0.352 e. The monoisotopic (exact) mass is 331 g/mol. The average molecular weight is 331 g/mol. The Morgan fingerprint density at radius 3 is 2.68 bits per heavy atom. The molecule has 3 aromatic heterocycles. The summed E-state index contributed by atoms with van der Waals surface area (Å²) in [4.78, 5) is 16.8. The molecule has 0 radical (unpaired) electrons. The standard InChI is InChI=1S/C19H17N5O/c25-19(15-5-7-17(8-6-15)24-13-3-10-21-24)20-11-9-16-14-23-12-2-1-4-18(23)22-16/h1-8,10,12-14H,9,11H2,(H,20,25). The molecule has 25 heavy (non-hydrogen) atoms. The average Bonchev–Trinajstić information content (AvgIpc) is 3.31. The van der Waals surface area contributed by atoms with E-state index in [0.717, 1.165) is 17.0 Å². The van der Waals surface area contributed by atoms with Gasteiger partial charge in [0.15, 0.2) is 0 Å². The van der Waals surface area contributed by atoms with Gasteiger partial charge in [0, 0.05) is 43.3 Å². The number of hydrogen-bond acceptors (Lipinski definition) is 3. The van der Waals surface area contributed by atoms with E-state index in [-0.39, 0.29) is 5.91 Å². The molecule has 4 rings (SSSR count). The highest BCUT2D eigenvalue weighted by Gasteiger charge is 2.07. The number of imidazole rings is 1. The first-order chi connectivity index (χ1) is 12.3. The Bertz CT molecular complexity index is 953. The van der Waals surface area contributed by atoms with Gasteiger partial charge in [-0.3, -0.25) is 4.79 Å². The summed E-state index contributed by atoms with van der Waals surface area (Å²) in [6.45, 7) is 0.545. The van der Waals surface area contributed by atoms with Crippen LogP contribution in [-0.4, -0.2) is 31.6 Å². The number of amides is 1. The number of fused-ring (bicyclic) bond motifs is 1. The predicted molar refractivity (Wildman–Crippen MR) is 94.8 cm³/mol. The van der Waals surface area contributed by atoms with Crippen molar-refractivity contribution in [1.82, 2.24) is 24.5 Å². The normalized spacial score (nSPS) is 10.9. The molecule has 3 heterocycles. The van der Waals surface area contributed by atoms with E-state index in [2.05, 4.69) is 15.4 Å². The van der Waals surface area contributed by atoms with E-state index in [1.165, 1.54) is 0 Å². The molecule has 6 heteroatoms. The SMILES string of the molecule is O=C(NCCc1cn2ccccc2n1)c1ccc(-n2cccn2)cc1. The molecule has 0 atom stereocenters. The Balaban J connectivity index is 1.35. The minimum absolute atomic E-state index is 0.0872. The molecule has 1 amide bonds. The lowest BCUT2D eigenvalue weighted by atomic mass is 10.2. The second-order valence-corrected chi connectivity index (χ2v) is 5.70. The van der Waals surface area contributed by atoms with E-state index in [1.54, 1.807) is 23.0 Å². The Morgan fingerprint density at radius 1 is 1.04 bits per heavy atom. The number of rotatable bonds is 5. The van der Waals surface area contributed by atoms with E-state index in [4.69, 9.17) is 0 Å². The van der Waals surface area contributed by atoms with Crippen molar-refractivity contribution in [2.24, 2.45) is 0 Å². The number of aromatic nitrogens is 4. The van der Waals surface area contributed by atoms with Crippen molar-refractivity contribution >= 4 is 11.6 Å². The fourth-order valence-electron chi connectivity index (χ4n) is 2.70. The van der Waals surface area contributed by atoms with Crippen molar-refractivity contribution in [2.75, 3.05) is 6.54 Å². The molecule has 6 nitrogen and oxygen atoms in total. The topological polar surface area (TPSA) is 64.2 Å². The molecule has 0 bridgehead atoms. The van der Waals surface area contributed by atoms with Gasteiger partial charge in [-0.05, 0) is 42.5 Å². The minimum atomic E-state index is -0.0872. The number of carbonyl (C=O) groups excluding carboxylic acids is 1. The van der Waals surface area contributed by atoms with Crippen LogP contribution in [0.25, 0.3) is 11.3 Å². The maximum atomic E-state index is 12.2. The zero-order valence-electron chi connectivity index (χ0n) is 13.5. The summed E-state index contributed by atoms with van der Waals surface area (Å²) in [5.41, 5.74) is 3.43. The molecule has 0 aliphatic carbocycles. The molecule has 4 aromatic rings. The first-order valence-corrected chi connectivity index (χ1v) is 8.10. The molecule has 1 N–H and O–H groups in total. The van der Waals surface area contributed by atoms with E-state index >= 15 is 0 Å². The van der Waals surface area contributed by atoms with Crippen LogP contribution in [0.3, 0.4) is 0 Å². The molecule has 1 aromatic carbocycles. The van der Waals surface area contributed by atoms with Crippen molar-refractivity contribution in [1.29, 1.82) is 0 Å². The summed E-state index contributed by atoms with van der Waals surface area (Å²) in [6.07, 6.45) is 8.23. The minimum Gasteiger partial charge on any atom is -0.352 e. The van der Waals surface area contributed by atoms with Crippen LogP contribution in [0, 0.1) is 0 Å². The van der Waals surface area contributed by atoms with E-state index in [9.17, 15) is 4.79 Å². The molecule has 0 spiro atoms. The first kappa shape index (κ1) is 15.1. The van der Waals surface area contributed by atoms with Gasteiger partial charge in [0.25, 0.3) is 5.91 Å². The van der Waals surface area contributed by atoms with Crippen LogP contribution < -0.4 is 5.32 Å². The van der Waals surface area contributed by atoms with Gasteiger partial charge in [-0.15, -0.1) is 0 Å². The van der Waals surface area contributed by atoms with Crippen LogP contribution in [0.1, 0.15) is 16.1 Å². The third-order valence-electron chi connectivity index (χ3n) is 3.98. The fourth-order valence-corrected chi connectivity index (χ4v) is 2.70. The van der Waals surface area contributed by atoms with Crippen LogP contribution in [0.15, 0.2) is 73.3 Å². The smallest absolute Gasteiger partial charge is 0.251 e. The van der Waals surface area contributed by atoms with Gasteiger partial charge in [0.1, 0.15) is 5.65 Å². The van der Waals surface area contributed by atoms with Crippen LogP contribution in [0.4, 0.5) is 0 Å². The highest BCUT2D eigenvalue weighted by molar-refractivity contribution is 5.94. The Hall–Kier alpha value is -3.41. The summed E-state index contributed by atoms with van der Waals surface area (Å²) < 4.78 is 3.73. The molecule has 0 unspecified atom stereocenters. The second kappa shape index (κ2) is 6.60. The molecule has 0 saturated carbocycles. The van der Waals surface area contributed by atoms with Crippen LogP contribution >= 0.6 is 0 Å². The van der Waals surface area contributed by atoms with Gasteiger partial charge < -0.3 is 9.72 Å². The number of hydrogen-bond donors (Lipinski definition) is 1. The molecule has 124 valence electrons. The van der Waals surface area contributed by atoms with Gasteiger partial charge in [-0.1, -0.05) is 6.07 Å². The van der Waals surface area contributed by atoms with Gasteiger partial charge in [0.05, 0.1) is 11.4 Å². The molecule has 0 saturated heterocycles. The molecule has 0 aliphatic heterocycles. The van der Waals surface area contributed by atoms with Crippen LogP contribution in [-0.2, 0) is 6.42 Å². The number of carbonyl (C=O) groups is 1. The maximum Gasteiger partial charge on any atom is 0.251 e. The summed E-state index contributed by atoms with van der Waals surface area (Å²) in [5, 5.41) is 7.10. The van der Waals surface area contributed by atoms with Gasteiger partial charge in [0.2, 0.25) is 0 Å². The summed E-state index contributed by atoms with van der Waals surface area (Å²) >= 11 is 0. The molecule has 0 aliphatic rings. The van der Waals surface area contributed by atoms with Crippen molar-refractivity contribution in [3.05, 3.63) is 84.6 Å². The zero-order chi connectivity index (χ0) is 17.1. The third kappa shape index (κ3) is 3.28. The van der Waals surface area contributed by atoms with Gasteiger partial charge in [-0.25, -0.2) is 9.67 Å². The number of nitrogens with zero attached hydrogens (tertiary/aromatic N) is 4. The van der Waals surface area contributed by atoms with Crippen LogP contribution in [0.5, 0.6) is 0 Å². The lowest BCUT2D eigenvalue weighted by molar-refractivity contribution is 0.0954. The quantitative estimate of drug-likeness (QED) is 0.611. The van der Waals surface area contributed by atoms with Crippen molar-refractivity contribution in [2.45, 2.75) is 6.42 Å². The molecule has 0 fully saturated rings. The van der Waals surface area contributed by atoms with E-state index < -0.39 is 0 Å². The Kier molecular flexibility index (Phi) is 4.00. The Morgan fingerprint density at radius 2 is 1.92 bits per heavy atom. The maximum absolute atomic E-state index is 12.2. The fraction of sp³-hybridized carbons (Fsp3) is 0.105. The van der Waals surface area contributed by atoms with E-state index in [0.29, 0.717) is 18.5 Å². The van der Waals surface area contributed by atoms with Gasteiger partial charge in [-0.2, -0.15) is 5.10 Å². The zero-order valence-corrected chi connectivity index (χ0v) is 13.5. The predicted octanol–water partition coefficient (Wildman–Crippen LogP) is 2.49. The van der Waals surface area contributed by atoms with Crippen molar-refractivity contribution in [3.63, 3.8) is 0 Å². The highest BCUT2D eigenvalue weighted by Crippen LogP contribution is 2.09. The van der Waals surface area contributed by atoms with Gasteiger partial charge >= 0.3 is 0 Å².